The third-order valence-corrected chi connectivity index (χ3v) is 3.31. The smallest absolute Gasteiger partial charge is 0.348 e. The molecule has 0 aliphatic heterocycles. The van der Waals surface area contributed by atoms with Gasteiger partial charge in [0.15, 0.2) is 0 Å². The first kappa shape index (κ1) is 12.3. The van der Waals surface area contributed by atoms with Crippen LogP contribution >= 0.6 is 11.3 Å². The fourth-order valence-corrected chi connectivity index (χ4v) is 2.25. The van der Waals surface area contributed by atoms with Crippen molar-refractivity contribution < 1.29 is 22.5 Å². The highest BCUT2D eigenvalue weighted by Gasteiger charge is 2.13. The Morgan fingerprint density at radius 3 is 2.80 bits per heavy atom. The van der Waals surface area contributed by atoms with Crippen molar-refractivity contribution in [1.82, 2.24) is 0 Å². The van der Waals surface area contributed by atoms with Crippen molar-refractivity contribution in [2.75, 3.05) is 7.11 Å². The van der Waals surface area contributed by atoms with Crippen LogP contribution in [-0.2, 0) is 20.3 Å². The van der Waals surface area contributed by atoms with Crippen LogP contribution in [0.15, 0.2) is 12.1 Å². The largest absolute Gasteiger partial charge is 0.750 e. The molecule has 0 aromatic carbocycles. The molecular weight excluding hydrogens is 240 g/mol. The van der Waals surface area contributed by atoms with Gasteiger partial charge in [0, 0.05) is 4.88 Å². The molecule has 0 N–H and O–H groups in total. The van der Waals surface area contributed by atoms with Crippen molar-refractivity contribution in [3.05, 3.63) is 21.9 Å². The van der Waals surface area contributed by atoms with Gasteiger partial charge in [-0.3, -0.25) is 4.18 Å². The molecule has 1 heterocycles. The number of esters is 1. The molecule has 2 unspecified atom stereocenters. The maximum Gasteiger partial charge on any atom is 0.348 e. The van der Waals surface area contributed by atoms with Crippen LogP contribution in [0.3, 0.4) is 0 Å². The van der Waals surface area contributed by atoms with Crippen LogP contribution in [-0.4, -0.2) is 21.8 Å². The van der Waals surface area contributed by atoms with E-state index in [4.69, 9.17) is 0 Å². The van der Waals surface area contributed by atoms with E-state index >= 15 is 0 Å². The van der Waals surface area contributed by atoms with Gasteiger partial charge < -0.3 is 9.29 Å². The summed E-state index contributed by atoms with van der Waals surface area (Å²) in [6, 6.07) is 3.20. The molecule has 84 valence electrons. The van der Waals surface area contributed by atoms with Gasteiger partial charge in [-0.25, -0.2) is 9.00 Å². The quantitative estimate of drug-likeness (QED) is 0.595. The van der Waals surface area contributed by atoms with Gasteiger partial charge in [0.05, 0.1) is 18.5 Å². The van der Waals surface area contributed by atoms with Gasteiger partial charge in [0.25, 0.3) is 0 Å². The Morgan fingerprint density at radius 1 is 1.60 bits per heavy atom. The number of carbonyl (C=O) groups excluding carboxylic acids is 1. The molecule has 0 aliphatic carbocycles. The van der Waals surface area contributed by atoms with Gasteiger partial charge >= 0.3 is 5.97 Å². The molecule has 5 nitrogen and oxygen atoms in total. The Labute approximate surface area is 93.5 Å². The van der Waals surface area contributed by atoms with E-state index in [0.717, 1.165) is 11.3 Å². The normalized spacial score (nSPS) is 14.6. The van der Waals surface area contributed by atoms with E-state index in [-0.39, 0.29) is 0 Å². The number of rotatable bonds is 4. The third kappa shape index (κ3) is 3.38. The van der Waals surface area contributed by atoms with Gasteiger partial charge in [-0.05, 0) is 19.1 Å². The fourth-order valence-electron chi connectivity index (χ4n) is 0.947. The predicted molar refractivity (Wildman–Crippen MR) is 54.1 cm³/mol. The highest BCUT2D eigenvalue weighted by atomic mass is 32.2. The van der Waals surface area contributed by atoms with Crippen LogP contribution in [0.1, 0.15) is 27.6 Å². The number of hydrogen-bond donors (Lipinski definition) is 0. The molecule has 1 aromatic heterocycles. The third-order valence-electron chi connectivity index (χ3n) is 1.64. The first-order chi connectivity index (χ1) is 7.04. The summed E-state index contributed by atoms with van der Waals surface area (Å²) in [5.41, 5.74) is 0. The van der Waals surface area contributed by atoms with Crippen LogP contribution in [0, 0.1) is 0 Å². The maximum absolute atomic E-state index is 11.1. The molecule has 0 saturated carbocycles. The van der Waals surface area contributed by atoms with Crippen molar-refractivity contribution in [3.8, 4) is 0 Å². The standard InChI is InChI=1S/C8H10O5S2/c1-5(13-15(10)11)6-3-4-7(14-6)8(9)12-2/h3-5H,1-2H3,(H,10,11)/p-1. The second-order valence-corrected chi connectivity index (χ2v) is 4.35. The van der Waals surface area contributed by atoms with E-state index in [1.807, 2.05) is 0 Å². The molecule has 1 rings (SSSR count). The molecule has 0 saturated heterocycles. The van der Waals surface area contributed by atoms with Crippen molar-refractivity contribution in [1.29, 1.82) is 0 Å². The Balaban J connectivity index is 2.75. The summed E-state index contributed by atoms with van der Waals surface area (Å²) in [5, 5.41) is 0. The Hall–Kier alpha value is -0.760. The first-order valence-electron chi connectivity index (χ1n) is 3.99. The lowest BCUT2D eigenvalue weighted by Crippen LogP contribution is -2.00. The van der Waals surface area contributed by atoms with Crippen LogP contribution in [0.4, 0.5) is 0 Å². The molecule has 15 heavy (non-hydrogen) atoms. The second-order valence-electron chi connectivity index (χ2n) is 2.64. The van der Waals surface area contributed by atoms with E-state index in [1.54, 1.807) is 19.1 Å². The predicted octanol–water partition coefficient (Wildman–Crippen LogP) is 1.41. The van der Waals surface area contributed by atoms with Crippen LogP contribution in [0.25, 0.3) is 0 Å². The van der Waals surface area contributed by atoms with Crippen LogP contribution in [0.5, 0.6) is 0 Å². The highest BCUT2D eigenvalue weighted by molar-refractivity contribution is 7.74. The number of hydrogen-bond acceptors (Lipinski definition) is 6. The molecule has 0 spiro atoms. The SMILES string of the molecule is COC(=O)c1ccc(C(C)OS(=O)[O-])s1. The van der Waals surface area contributed by atoms with E-state index in [9.17, 15) is 13.6 Å². The van der Waals surface area contributed by atoms with E-state index in [2.05, 4.69) is 8.92 Å². The Kier molecular flexibility index (Phi) is 4.40. The zero-order chi connectivity index (χ0) is 11.4. The fraction of sp³-hybridized carbons (Fsp3) is 0.375. The summed E-state index contributed by atoms with van der Waals surface area (Å²) in [6.07, 6.45) is -0.591. The van der Waals surface area contributed by atoms with Crippen molar-refractivity contribution in [2.45, 2.75) is 13.0 Å². The summed E-state index contributed by atoms with van der Waals surface area (Å²) < 4.78 is 29.6. The van der Waals surface area contributed by atoms with E-state index in [1.165, 1.54) is 7.11 Å². The van der Waals surface area contributed by atoms with E-state index in [0.29, 0.717) is 9.75 Å². The van der Waals surface area contributed by atoms with Crippen LogP contribution < -0.4 is 0 Å². The van der Waals surface area contributed by atoms with Crippen molar-refractivity contribution in [3.63, 3.8) is 0 Å². The lowest BCUT2D eigenvalue weighted by atomic mass is 10.3. The zero-order valence-corrected chi connectivity index (χ0v) is 9.72. The topological polar surface area (TPSA) is 75.7 Å². The molecular formula is C8H9O5S2-. The highest BCUT2D eigenvalue weighted by Crippen LogP contribution is 2.26. The summed E-state index contributed by atoms with van der Waals surface area (Å²) in [6.45, 7) is 1.59. The monoisotopic (exact) mass is 249 g/mol. The number of thiophene rings is 1. The molecule has 7 heteroatoms. The van der Waals surface area contributed by atoms with Gasteiger partial charge in [-0.1, -0.05) is 0 Å². The first-order valence-corrected chi connectivity index (χ1v) is 5.80. The van der Waals surface area contributed by atoms with Gasteiger partial charge in [0.2, 0.25) is 0 Å². The number of carbonyl (C=O) groups is 1. The molecule has 1 aromatic rings. The van der Waals surface area contributed by atoms with Crippen LogP contribution in [0.2, 0.25) is 0 Å². The zero-order valence-electron chi connectivity index (χ0n) is 8.09. The minimum absolute atomic E-state index is 0.416. The molecule has 2 atom stereocenters. The average molecular weight is 249 g/mol. The second kappa shape index (κ2) is 5.36. The Morgan fingerprint density at radius 2 is 2.27 bits per heavy atom. The lowest BCUT2D eigenvalue weighted by molar-refractivity contribution is 0.0606. The van der Waals surface area contributed by atoms with Gasteiger partial charge in [-0.15, -0.1) is 11.3 Å². The summed E-state index contributed by atoms with van der Waals surface area (Å²) >= 11 is -1.42. The average Bonchev–Trinajstić information content (AvgIpc) is 2.64. The molecule has 0 fully saturated rings. The van der Waals surface area contributed by atoms with Gasteiger partial charge in [0.1, 0.15) is 11.0 Å². The van der Waals surface area contributed by atoms with Gasteiger partial charge in [-0.2, -0.15) is 0 Å². The minimum atomic E-state index is -2.56. The number of methoxy groups -OCH3 is 1. The molecule has 0 aliphatic rings. The maximum atomic E-state index is 11.1. The van der Waals surface area contributed by atoms with E-state index < -0.39 is 23.4 Å². The lowest BCUT2D eigenvalue weighted by Gasteiger charge is -2.11. The van der Waals surface area contributed by atoms with Crippen molar-refractivity contribution >= 4 is 28.7 Å². The minimum Gasteiger partial charge on any atom is -0.750 e. The summed E-state index contributed by atoms with van der Waals surface area (Å²) in [5.74, 6) is -0.443. The number of ether oxygens (including phenoxy) is 1. The molecule has 0 radical (unpaired) electrons. The summed E-state index contributed by atoms with van der Waals surface area (Å²) in [7, 11) is 1.29. The summed E-state index contributed by atoms with van der Waals surface area (Å²) in [4.78, 5) is 12.2. The van der Waals surface area contributed by atoms with Crippen molar-refractivity contribution in [2.24, 2.45) is 0 Å². The Bertz CT molecular complexity index is 373. The molecule has 0 bridgehead atoms. The molecule has 0 amide bonds.